The second kappa shape index (κ2) is 7.54. The molecule has 0 spiro atoms. The van der Waals surface area contributed by atoms with E-state index >= 15 is 0 Å². The number of halogens is 1. The van der Waals surface area contributed by atoms with Crippen LogP contribution in [0.2, 0.25) is 5.02 Å². The van der Waals surface area contributed by atoms with E-state index in [-0.39, 0.29) is 18.4 Å². The summed E-state index contributed by atoms with van der Waals surface area (Å²) in [5.74, 6) is -0.518. The second-order valence-corrected chi connectivity index (χ2v) is 8.42. The quantitative estimate of drug-likeness (QED) is 0.861. The van der Waals surface area contributed by atoms with Gasteiger partial charge in [-0.2, -0.15) is 0 Å². The summed E-state index contributed by atoms with van der Waals surface area (Å²) in [5.41, 5.74) is 0.824. The molecule has 2 rings (SSSR count). The third-order valence-electron chi connectivity index (χ3n) is 3.70. The molecule has 0 unspecified atom stereocenters. The molecule has 0 aliphatic carbocycles. The normalized spacial score (nSPS) is 11.3. The first-order valence-electron chi connectivity index (χ1n) is 7.89. The molecule has 2 amide bonds. The highest BCUT2D eigenvalue weighted by Crippen LogP contribution is 2.22. The minimum absolute atomic E-state index is 0.0630. The molecule has 1 aromatic heterocycles. The van der Waals surface area contributed by atoms with E-state index in [1.807, 2.05) is 34.6 Å². The Morgan fingerprint density at radius 3 is 2.48 bits per heavy atom. The van der Waals surface area contributed by atoms with Crippen molar-refractivity contribution in [2.24, 2.45) is 0 Å². The molecule has 2 aromatic rings. The molecular weight excluding hydrogens is 358 g/mol. The summed E-state index contributed by atoms with van der Waals surface area (Å²) in [4.78, 5) is 32.2. The van der Waals surface area contributed by atoms with Gasteiger partial charge < -0.3 is 10.2 Å². The van der Waals surface area contributed by atoms with Crippen molar-refractivity contribution in [1.29, 1.82) is 0 Å². The number of aromatic nitrogens is 1. The first-order valence-corrected chi connectivity index (χ1v) is 9.09. The minimum Gasteiger partial charge on any atom is -0.324 e. The molecule has 0 saturated heterocycles. The summed E-state index contributed by atoms with van der Waals surface area (Å²) in [6, 6.07) is 6.73. The number of aryl methyl sites for hydroxylation is 2. The lowest BCUT2D eigenvalue weighted by atomic mass is 10.0. The fraction of sp³-hybridized carbons (Fsp3) is 0.389. The molecule has 1 aromatic carbocycles. The molecule has 7 heteroatoms. The van der Waals surface area contributed by atoms with E-state index in [0.717, 1.165) is 10.6 Å². The van der Waals surface area contributed by atoms with Gasteiger partial charge in [0.15, 0.2) is 5.13 Å². The fourth-order valence-electron chi connectivity index (χ4n) is 2.22. The monoisotopic (exact) mass is 379 g/mol. The number of carbonyl (C=O) groups is 2. The maximum absolute atomic E-state index is 12.9. The van der Waals surface area contributed by atoms with Crippen LogP contribution in [0.1, 0.15) is 41.7 Å². The molecule has 0 radical (unpaired) electrons. The summed E-state index contributed by atoms with van der Waals surface area (Å²) in [6.07, 6.45) is 0. The van der Waals surface area contributed by atoms with Crippen molar-refractivity contribution >= 4 is 39.9 Å². The lowest BCUT2D eigenvalue weighted by Crippen LogP contribution is -2.49. The first kappa shape index (κ1) is 19.4. The van der Waals surface area contributed by atoms with Crippen molar-refractivity contribution in [3.8, 4) is 0 Å². The summed E-state index contributed by atoms with van der Waals surface area (Å²) in [7, 11) is 0. The summed E-state index contributed by atoms with van der Waals surface area (Å²) in [5, 5.41) is 3.80. The van der Waals surface area contributed by atoms with Gasteiger partial charge in [0.25, 0.3) is 5.91 Å². The molecule has 0 fully saturated rings. The van der Waals surface area contributed by atoms with Crippen LogP contribution in [-0.4, -0.2) is 33.8 Å². The Labute approximate surface area is 157 Å². The van der Waals surface area contributed by atoms with Crippen molar-refractivity contribution in [2.75, 3.05) is 11.9 Å². The summed E-state index contributed by atoms with van der Waals surface area (Å²) >= 11 is 7.40. The van der Waals surface area contributed by atoms with Crippen LogP contribution in [0.3, 0.4) is 0 Å². The highest BCUT2D eigenvalue weighted by Gasteiger charge is 2.29. The van der Waals surface area contributed by atoms with Crippen molar-refractivity contribution < 1.29 is 9.59 Å². The van der Waals surface area contributed by atoms with Crippen molar-refractivity contribution in [3.05, 3.63) is 45.4 Å². The van der Waals surface area contributed by atoms with Gasteiger partial charge in [0.05, 0.1) is 5.69 Å². The summed E-state index contributed by atoms with van der Waals surface area (Å²) < 4.78 is 0. The van der Waals surface area contributed by atoms with Gasteiger partial charge in [0.1, 0.15) is 6.54 Å². The van der Waals surface area contributed by atoms with Crippen LogP contribution in [0.4, 0.5) is 5.13 Å². The molecule has 1 N–H and O–H groups in total. The number of nitrogens with one attached hydrogen (secondary N) is 1. The van der Waals surface area contributed by atoms with E-state index < -0.39 is 5.54 Å². The zero-order valence-corrected chi connectivity index (χ0v) is 16.6. The highest BCUT2D eigenvalue weighted by molar-refractivity contribution is 7.15. The lowest BCUT2D eigenvalue weighted by molar-refractivity contribution is -0.117. The Morgan fingerprint density at radius 1 is 1.28 bits per heavy atom. The Morgan fingerprint density at radius 2 is 1.96 bits per heavy atom. The van der Waals surface area contributed by atoms with Crippen molar-refractivity contribution in [1.82, 2.24) is 9.88 Å². The van der Waals surface area contributed by atoms with Crippen LogP contribution < -0.4 is 5.32 Å². The van der Waals surface area contributed by atoms with E-state index in [4.69, 9.17) is 11.6 Å². The highest BCUT2D eigenvalue weighted by atomic mass is 35.5. The molecule has 0 atom stereocenters. The van der Waals surface area contributed by atoms with E-state index in [2.05, 4.69) is 10.3 Å². The third-order valence-corrected chi connectivity index (χ3v) is 4.93. The average Bonchev–Trinajstić information content (AvgIpc) is 2.81. The number of nitrogens with zero attached hydrogens (tertiary/aromatic N) is 2. The number of carbonyl (C=O) groups excluding carboxylic acids is 2. The predicted molar refractivity (Wildman–Crippen MR) is 102 cm³/mol. The van der Waals surface area contributed by atoms with E-state index in [1.165, 1.54) is 16.2 Å². The van der Waals surface area contributed by atoms with E-state index in [0.29, 0.717) is 15.7 Å². The largest absolute Gasteiger partial charge is 0.324 e. The van der Waals surface area contributed by atoms with Crippen LogP contribution in [0.5, 0.6) is 0 Å². The number of amides is 2. The van der Waals surface area contributed by atoms with Gasteiger partial charge >= 0.3 is 0 Å². The van der Waals surface area contributed by atoms with Crippen molar-refractivity contribution in [3.63, 3.8) is 0 Å². The Balaban J connectivity index is 2.17. The molecular formula is C18H22ClN3O2S. The molecule has 0 saturated carbocycles. The maximum atomic E-state index is 12.9. The molecule has 0 aliphatic heterocycles. The van der Waals surface area contributed by atoms with Gasteiger partial charge in [-0.3, -0.25) is 9.59 Å². The molecule has 5 nitrogen and oxygen atoms in total. The third kappa shape index (κ3) is 5.03. The van der Waals surface area contributed by atoms with Crippen molar-refractivity contribution in [2.45, 2.75) is 40.2 Å². The van der Waals surface area contributed by atoms with E-state index in [9.17, 15) is 9.59 Å². The minimum atomic E-state index is -0.522. The van der Waals surface area contributed by atoms with Crippen LogP contribution in [0, 0.1) is 13.8 Å². The number of hydrogen-bond acceptors (Lipinski definition) is 4. The van der Waals surface area contributed by atoms with Gasteiger partial charge in [-0.15, -0.1) is 11.3 Å². The zero-order chi connectivity index (χ0) is 18.8. The first-order chi connectivity index (χ1) is 11.6. The number of rotatable bonds is 4. The summed E-state index contributed by atoms with van der Waals surface area (Å²) in [6.45, 7) is 9.45. The Kier molecular flexibility index (Phi) is 5.85. The number of thiazole rings is 1. The Bertz CT molecular complexity index is 776. The second-order valence-electron chi connectivity index (χ2n) is 6.78. The molecule has 0 aliphatic rings. The molecule has 25 heavy (non-hydrogen) atoms. The fourth-order valence-corrected chi connectivity index (χ4v) is 3.24. The van der Waals surface area contributed by atoms with Gasteiger partial charge in [0.2, 0.25) is 5.91 Å². The zero-order valence-electron chi connectivity index (χ0n) is 15.0. The number of hydrogen-bond donors (Lipinski definition) is 1. The maximum Gasteiger partial charge on any atom is 0.254 e. The lowest BCUT2D eigenvalue weighted by Gasteiger charge is -2.35. The Hall–Kier alpha value is -1.92. The number of anilines is 1. The van der Waals surface area contributed by atoms with Gasteiger partial charge in [0, 0.05) is 21.0 Å². The van der Waals surface area contributed by atoms with E-state index in [1.54, 1.807) is 24.3 Å². The average molecular weight is 380 g/mol. The predicted octanol–water partition coefficient (Wildman–Crippen LogP) is 4.29. The standard InChI is InChI=1S/C18H22ClN3O2S/c1-11-12(2)25-17(20-11)21-15(23)10-22(18(3,4)5)16(24)13-7-6-8-14(19)9-13/h6-9H,10H2,1-5H3,(H,20,21,23). The SMILES string of the molecule is Cc1nc(NC(=O)CN(C(=O)c2cccc(Cl)c2)C(C)(C)C)sc1C. The molecule has 0 bridgehead atoms. The van der Waals surface area contributed by atoms with Crippen LogP contribution >= 0.6 is 22.9 Å². The number of benzene rings is 1. The smallest absolute Gasteiger partial charge is 0.254 e. The van der Waals surface area contributed by atoms with Crippen LogP contribution in [-0.2, 0) is 4.79 Å². The van der Waals surface area contributed by atoms with Crippen LogP contribution in [0.25, 0.3) is 0 Å². The topological polar surface area (TPSA) is 62.3 Å². The van der Waals surface area contributed by atoms with Gasteiger partial charge in [-0.25, -0.2) is 4.98 Å². The van der Waals surface area contributed by atoms with Gasteiger partial charge in [-0.05, 0) is 52.8 Å². The van der Waals surface area contributed by atoms with Gasteiger partial charge in [-0.1, -0.05) is 17.7 Å². The molecule has 134 valence electrons. The molecule has 1 heterocycles. The van der Waals surface area contributed by atoms with Crippen LogP contribution in [0.15, 0.2) is 24.3 Å².